The third kappa shape index (κ3) is 3.41. The zero-order chi connectivity index (χ0) is 16.2. The molecule has 0 bridgehead atoms. The summed E-state index contributed by atoms with van der Waals surface area (Å²) in [5.74, 6) is 0.275. The Kier molecular flexibility index (Phi) is 4.40. The summed E-state index contributed by atoms with van der Waals surface area (Å²) >= 11 is 0. The molecule has 3 heterocycles. The number of nitrogens with zero attached hydrogens (tertiary/aromatic N) is 4. The third-order valence-corrected chi connectivity index (χ3v) is 3.96. The molecule has 1 aliphatic heterocycles. The Bertz CT molecular complexity index is 737. The summed E-state index contributed by atoms with van der Waals surface area (Å²) in [5, 5.41) is 7.13. The molecule has 2 N–H and O–H groups in total. The summed E-state index contributed by atoms with van der Waals surface area (Å²) in [5.41, 5.74) is 0.350. The van der Waals surface area contributed by atoms with E-state index in [-0.39, 0.29) is 17.5 Å². The first kappa shape index (κ1) is 15.3. The maximum Gasteiger partial charge on any atom is 0.290 e. The Morgan fingerprint density at radius 2 is 2.39 bits per heavy atom. The molecule has 0 aliphatic carbocycles. The van der Waals surface area contributed by atoms with E-state index < -0.39 is 0 Å². The molecular weight excluding hydrogens is 296 g/mol. The van der Waals surface area contributed by atoms with Crippen molar-refractivity contribution in [1.29, 1.82) is 0 Å². The smallest absolute Gasteiger partial charge is 0.290 e. The van der Waals surface area contributed by atoms with Crippen molar-refractivity contribution >= 4 is 11.7 Å². The Morgan fingerprint density at radius 3 is 3.13 bits per heavy atom. The topological polar surface area (TPSA) is 95.9 Å². The van der Waals surface area contributed by atoms with Gasteiger partial charge < -0.3 is 15.2 Å². The van der Waals surface area contributed by atoms with E-state index in [1.807, 2.05) is 11.8 Å². The number of piperidine rings is 1. The van der Waals surface area contributed by atoms with Crippen molar-refractivity contribution < 1.29 is 4.79 Å². The van der Waals surface area contributed by atoms with Gasteiger partial charge in [-0.05, 0) is 19.8 Å². The summed E-state index contributed by atoms with van der Waals surface area (Å²) in [6.45, 7) is 4.04. The molecule has 0 unspecified atom stereocenters. The van der Waals surface area contributed by atoms with E-state index in [9.17, 15) is 9.59 Å². The Balaban J connectivity index is 1.66. The van der Waals surface area contributed by atoms with Crippen LogP contribution in [0.5, 0.6) is 0 Å². The number of H-pyrrole nitrogens is 1. The highest BCUT2D eigenvalue weighted by atomic mass is 16.2. The first-order valence-electron chi connectivity index (χ1n) is 7.79. The van der Waals surface area contributed by atoms with Crippen molar-refractivity contribution in [3.63, 3.8) is 0 Å². The van der Waals surface area contributed by atoms with E-state index in [1.165, 1.54) is 6.20 Å². The van der Waals surface area contributed by atoms with Crippen molar-refractivity contribution in [3.8, 4) is 0 Å². The first-order valence-corrected chi connectivity index (χ1v) is 7.79. The maximum absolute atomic E-state index is 12.3. The fraction of sp³-hybridized carbons (Fsp3) is 0.467. The van der Waals surface area contributed by atoms with Gasteiger partial charge in [-0.1, -0.05) is 0 Å². The number of hydrogen-bond acceptors (Lipinski definition) is 5. The summed E-state index contributed by atoms with van der Waals surface area (Å²) in [7, 11) is 0. The molecule has 0 saturated carbocycles. The van der Waals surface area contributed by atoms with Crippen molar-refractivity contribution in [2.45, 2.75) is 32.4 Å². The van der Waals surface area contributed by atoms with Crippen LogP contribution in [-0.4, -0.2) is 44.8 Å². The average molecular weight is 316 g/mol. The molecule has 0 aromatic carbocycles. The molecule has 122 valence electrons. The second-order valence-electron chi connectivity index (χ2n) is 5.59. The standard InChI is InChI=1S/C15H20N6O2/c1-2-21-9-11(8-18-21)14(22)19-12-4-3-7-20(10-12)13-15(23)17-6-5-16-13/h5-6,8-9,12H,2-4,7,10H2,1H3,(H,17,23)(H,19,22)/t12-/m1/s1. The maximum atomic E-state index is 12.3. The second-order valence-corrected chi connectivity index (χ2v) is 5.59. The molecule has 0 radical (unpaired) electrons. The Morgan fingerprint density at radius 1 is 1.52 bits per heavy atom. The van der Waals surface area contributed by atoms with E-state index in [4.69, 9.17) is 0 Å². The molecule has 1 saturated heterocycles. The number of aryl methyl sites for hydroxylation is 1. The molecule has 23 heavy (non-hydrogen) atoms. The number of aromatic amines is 1. The number of nitrogens with one attached hydrogen (secondary N) is 2. The molecule has 8 nitrogen and oxygen atoms in total. The highest BCUT2D eigenvalue weighted by molar-refractivity contribution is 5.93. The van der Waals surface area contributed by atoms with Crippen LogP contribution in [0.1, 0.15) is 30.1 Å². The van der Waals surface area contributed by atoms with Gasteiger partial charge in [-0.2, -0.15) is 5.10 Å². The van der Waals surface area contributed by atoms with Crippen LogP contribution in [0.25, 0.3) is 0 Å². The minimum Gasteiger partial charge on any atom is -0.350 e. The molecule has 1 amide bonds. The van der Waals surface area contributed by atoms with Crippen molar-refractivity contribution in [1.82, 2.24) is 25.1 Å². The van der Waals surface area contributed by atoms with Crippen LogP contribution < -0.4 is 15.8 Å². The van der Waals surface area contributed by atoms with Gasteiger partial charge >= 0.3 is 0 Å². The molecule has 3 rings (SSSR count). The van der Waals surface area contributed by atoms with Crippen LogP contribution >= 0.6 is 0 Å². The summed E-state index contributed by atoms with van der Waals surface area (Å²) in [4.78, 5) is 32.8. The highest BCUT2D eigenvalue weighted by Gasteiger charge is 2.24. The SMILES string of the molecule is CCn1cc(C(=O)N[C@@H]2CCCN(c3ncc[nH]c3=O)C2)cn1. The first-order chi connectivity index (χ1) is 11.2. The van der Waals surface area contributed by atoms with Gasteiger partial charge in [-0.15, -0.1) is 0 Å². The van der Waals surface area contributed by atoms with Gasteiger partial charge in [0.2, 0.25) is 0 Å². The normalized spacial score (nSPS) is 18.0. The zero-order valence-corrected chi connectivity index (χ0v) is 13.0. The van der Waals surface area contributed by atoms with Crippen LogP contribution in [0.3, 0.4) is 0 Å². The molecule has 1 atom stereocenters. The van der Waals surface area contributed by atoms with Crippen molar-refractivity contribution in [2.75, 3.05) is 18.0 Å². The lowest BCUT2D eigenvalue weighted by molar-refractivity contribution is 0.0933. The van der Waals surface area contributed by atoms with Crippen LogP contribution in [0.4, 0.5) is 5.82 Å². The van der Waals surface area contributed by atoms with Crippen molar-refractivity contribution in [3.05, 3.63) is 40.7 Å². The molecule has 8 heteroatoms. The number of amides is 1. The van der Waals surface area contributed by atoms with Crippen molar-refractivity contribution in [2.24, 2.45) is 0 Å². The summed E-state index contributed by atoms with van der Waals surface area (Å²) < 4.78 is 1.72. The van der Waals surface area contributed by atoms with E-state index in [2.05, 4.69) is 20.4 Å². The Hall–Kier alpha value is -2.64. The van der Waals surface area contributed by atoms with E-state index >= 15 is 0 Å². The largest absolute Gasteiger partial charge is 0.350 e. The Labute approximate surface area is 133 Å². The lowest BCUT2D eigenvalue weighted by atomic mass is 10.1. The van der Waals surface area contributed by atoms with E-state index in [0.29, 0.717) is 17.9 Å². The second kappa shape index (κ2) is 6.64. The van der Waals surface area contributed by atoms with Gasteiger partial charge in [-0.25, -0.2) is 4.98 Å². The number of rotatable bonds is 4. The summed E-state index contributed by atoms with van der Waals surface area (Å²) in [6, 6.07) is -0.0115. The van der Waals surface area contributed by atoms with E-state index in [1.54, 1.807) is 23.3 Å². The number of aromatic nitrogens is 4. The van der Waals surface area contributed by atoms with Gasteiger partial charge in [0.1, 0.15) is 0 Å². The van der Waals surface area contributed by atoms with E-state index in [0.717, 1.165) is 25.9 Å². The molecule has 2 aromatic rings. The van der Waals surface area contributed by atoms with Gasteiger partial charge in [0.15, 0.2) is 5.82 Å². The minimum absolute atomic E-state index is 0.0115. The predicted octanol–water partition coefficient (Wildman–Crippen LogP) is 0.385. The quantitative estimate of drug-likeness (QED) is 0.850. The number of anilines is 1. The van der Waals surface area contributed by atoms with Crippen LogP contribution in [0.15, 0.2) is 29.6 Å². The van der Waals surface area contributed by atoms with Gasteiger partial charge in [0.25, 0.3) is 11.5 Å². The van der Waals surface area contributed by atoms with Gasteiger partial charge in [0.05, 0.1) is 11.8 Å². The van der Waals surface area contributed by atoms with Crippen LogP contribution in [0.2, 0.25) is 0 Å². The lowest BCUT2D eigenvalue weighted by Gasteiger charge is -2.33. The van der Waals surface area contributed by atoms with Crippen LogP contribution in [0, 0.1) is 0 Å². The fourth-order valence-electron chi connectivity index (χ4n) is 2.78. The summed E-state index contributed by atoms with van der Waals surface area (Å²) in [6.07, 6.45) is 8.17. The third-order valence-electron chi connectivity index (χ3n) is 3.96. The predicted molar refractivity (Wildman–Crippen MR) is 85.5 cm³/mol. The molecule has 1 aliphatic rings. The van der Waals surface area contributed by atoms with Gasteiger partial charge in [-0.3, -0.25) is 14.3 Å². The molecule has 1 fully saturated rings. The fourth-order valence-corrected chi connectivity index (χ4v) is 2.78. The highest BCUT2D eigenvalue weighted by Crippen LogP contribution is 2.14. The lowest BCUT2D eigenvalue weighted by Crippen LogP contribution is -2.49. The number of carbonyl (C=O) groups excluding carboxylic acids is 1. The van der Waals surface area contributed by atoms with Crippen LogP contribution in [-0.2, 0) is 6.54 Å². The zero-order valence-electron chi connectivity index (χ0n) is 13.0. The van der Waals surface area contributed by atoms with Gasteiger partial charge in [0, 0.05) is 44.3 Å². The minimum atomic E-state index is -0.205. The molecule has 0 spiro atoms. The number of carbonyl (C=O) groups is 1. The monoisotopic (exact) mass is 316 g/mol. The molecule has 2 aromatic heterocycles. The molecular formula is C15H20N6O2. The number of hydrogen-bond donors (Lipinski definition) is 2. The average Bonchev–Trinajstić information content (AvgIpc) is 3.05.